The van der Waals surface area contributed by atoms with Gasteiger partial charge in [-0.1, -0.05) is 13.3 Å². The van der Waals surface area contributed by atoms with Gasteiger partial charge < -0.3 is 4.90 Å². The van der Waals surface area contributed by atoms with Gasteiger partial charge in [0, 0.05) is 17.1 Å². The van der Waals surface area contributed by atoms with E-state index in [1.165, 1.54) is 0 Å². The van der Waals surface area contributed by atoms with Crippen molar-refractivity contribution in [3.05, 3.63) is 19.6 Å². The molecule has 0 aromatic heterocycles. The summed E-state index contributed by atoms with van der Waals surface area (Å²) in [4.78, 5) is 13.3. The van der Waals surface area contributed by atoms with E-state index in [-0.39, 0.29) is 5.91 Å². The lowest BCUT2D eigenvalue weighted by Gasteiger charge is -2.18. The van der Waals surface area contributed by atoms with Gasteiger partial charge in [0.25, 0.3) is 5.91 Å². The number of amides is 1. The number of allylic oxidation sites excluding steroid dienone is 1. The first kappa shape index (κ1) is 12.5. The van der Waals surface area contributed by atoms with Gasteiger partial charge in [-0.25, -0.2) is 0 Å². The van der Waals surface area contributed by atoms with Gasteiger partial charge in [0.15, 0.2) is 0 Å². The number of rotatable bonds is 3. The number of carbonyl (C=O) groups is 1. The standard InChI is InChI=1S/C9H10Br3NO/c1-2-3-4-13-7(14)5-6(10)8(13)9(11)12/h5H,2-4H2,1H3. The van der Waals surface area contributed by atoms with Crippen LogP contribution in [0.15, 0.2) is 19.6 Å². The minimum Gasteiger partial charge on any atom is -0.306 e. The van der Waals surface area contributed by atoms with Gasteiger partial charge in [-0.3, -0.25) is 4.79 Å². The average Bonchev–Trinajstić information content (AvgIpc) is 2.37. The summed E-state index contributed by atoms with van der Waals surface area (Å²) in [5, 5.41) is 0. The number of carbonyl (C=O) groups excluding carboxylic acids is 1. The van der Waals surface area contributed by atoms with Crippen LogP contribution in [0.4, 0.5) is 0 Å². The molecule has 2 nitrogen and oxygen atoms in total. The van der Waals surface area contributed by atoms with E-state index >= 15 is 0 Å². The molecule has 0 spiro atoms. The van der Waals surface area contributed by atoms with Gasteiger partial charge in [0.2, 0.25) is 0 Å². The topological polar surface area (TPSA) is 20.3 Å². The third-order valence-corrected chi connectivity index (χ3v) is 3.28. The Morgan fingerprint density at radius 2 is 2.14 bits per heavy atom. The van der Waals surface area contributed by atoms with Gasteiger partial charge in [0.1, 0.15) is 0 Å². The highest BCUT2D eigenvalue weighted by Crippen LogP contribution is 2.35. The van der Waals surface area contributed by atoms with Crippen LogP contribution >= 0.6 is 47.8 Å². The van der Waals surface area contributed by atoms with Crippen molar-refractivity contribution in [2.45, 2.75) is 19.8 Å². The highest BCUT2D eigenvalue weighted by Gasteiger charge is 2.27. The van der Waals surface area contributed by atoms with E-state index in [0.717, 1.165) is 33.0 Å². The molecule has 14 heavy (non-hydrogen) atoms. The molecule has 1 aliphatic heterocycles. The smallest absolute Gasteiger partial charge is 0.252 e. The molecule has 0 saturated carbocycles. The summed E-state index contributed by atoms with van der Waals surface area (Å²) in [5.41, 5.74) is 0.878. The third kappa shape index (κ3) is 2.70. The van der Waals surface area contributed by atoms with E-state index in [0.29, 0.717) is 0 Å². The summed E-state index contributed by atoms with van der Waals surface area (Å²) in [6, 6.07) is 0. The molecule has 0 fully saturated rings. The Kier molecular flexibility index (Phi) is 4.87. The zero-order valence-corrected chi connectivity index (χ0v) is 12.4. The van der Waals surface area contributed by atoms with Crippen LogP contribution < -0.4 is 0 Å². The number of hydrogen-bond acceptors (Lipinski definition) is 1. The lowest BCUT2D eigenvalue weighted by Crippen LogP contribution is -2.25. The molecule has 0 radical (unpaired) electrons. The molecule has 0 aromatic rings. The summed E-state index contributed by atoms with van der Waals surface area (Å²) in [6.45, 7) is 2.87. The second-order valence-corrected chi connectivity index (χ2v) is 6.45. The second-order valence-electron chi connectivity index (χ2n) is 2.94. The molecule has 0 aliphatic carbocycles. The maximum atomic E-state index is 11.5. The zero-order chi connectivity index (χ0) is 10.7. The fraction of sp³-hybridized carbons (Fsp3) is 0.444. The van der Waals surface area contributed by atoms with Crippen LogP contribution in [-0.4, -0.2) is 17.4 Å². The Labute approximate surface area is 109 Å². The first-order valence-corrected chi connectivity index (χ1v) is 6.70. The monoisotopic (exact) mass is 385 g/mol. The van der Waals surface area contributed by atoms with Crippen molar-refractivity contribution in [3.8, 4) is 0 Å². The van der Waals surface area contributed by atoms with E-state index in [1.54, 1.807) is 11.0 Å². The molecule has 0 unspecified atom stereocenters. The number of nitrogens with zero attached hydrogens (tertiary/aromatic N) is 1. The van der Waals surface area contributed by atoms with Crippen LogP contribution in [0.5, 0.6) is 0 Å². The molecule has 0 atom stereocenters. The molecular weight excluding hydrogens is 378 g/mol. The van der Waals surface area contributed by atoms with Gasteiger partial charge in [0.05, 0.1) is 9.09 Å². The molecule has 1 amide bonds. The lowest BCUT2D eigenvalue weighted by atomic mass is 10.3. The highest BCUT2D eigenvalue weighted by molar-refractivity contribution is 9.28. The molecule has 78 valence electrons. The van der Waals surface area contributed by atoms with Crippen molar-refractivity contribution in [1.82, 2.24) is 4.90 Å². The quantitative estimate of drug-likeness (QED) is 0.720. The summed E-state index contributed by atoms with van der Waals surface area (Å²) in [6.07, 6.45) is 3.68. The van der Waals surface area contributed by atoms with Gasteiger partial charge in [-0.2, -0.15) is 0 Å². The Bertz CT molecular complexity index is 305. The lowest BCUT2D eigenvalue weighted by molar-refractivity contribution is -0.123. The fourth-order valence-electron chi connectivity index (χ4n) is 1.22. The predicted molar refractivity (Wildman–Crippen MR) is 68.5 cm³/mol. The minimum absolute atomic E-state index is 0.0386. The van der Waals surface area contributed by atoms with Crippen molar-refractivity contribution in [1.29, 1.82) is 0 Å². The minimum atomic E-state index is 0.0386. The fourth-order valence-corrected chi connectivity index (χ4v) is 3.22. The van der Waals surface area contributed by atoms with Crippen molar-refractivity contribution < 1.29 is 4.79 Å². The maximum absolute atomic E-state index is 11.5. The van der Waals surface area contributed by atoms with Crippen molar-refractivity contribution >= 4 is 53.7 Å². The van der Waals surface area contributed by atoms with Crippen LogP contribution in [-0.2, 0) is 4.79 Å². The summed E-state index contributed by atoms with van der Waals surface area (Å²) in [7, 11) is 0. The zero-order valence-electron chi connectivity index (χ0n) is 7.69. The van der Waals surface area contributed by atoms with Crippen LogP contribution in [0.1, 0.15) is 19.8 Å². The normalized spacial score (nSPS) is 16.3. The Hall–Kier alpha value is 0.390. The maximum Gasteiger partial charge on any atom is 0.252 e. The van der Waals surface area contributed by atoms with Crippen molar-refractivity contribution in [2.24, 2.45) is 0 Å². The molecule has 0 saturated heterocycles. The summed E-state index contributed by atoms with van der Waals surface area (Å²) in [5.74, 6) is 0.0386. The molecular formula is C9H10Br3NO. The number of halogens is 3. The van der Waals surface area contributed by atoms with Gasteiger partial charge in [-0.15, -0.1) is 0 Å². The molecule has 5 heteroatoms. The second kappa shape index (κ2) is 5.47. The van der Waals surface area contributed by atoms with E-state index in [9.17, 15) is 4.79 Å². The Balaban J connectivity index is 2.85. The van der Waals surface area contributed by atoms with E-state index in [2.05, 4.69) is 54.7 Å². The molecule has 0 N–H and O–H groups in total. The van der Waals surface area contributed by atoms with Gasteiger partial charge >= 0.3 is 0 Å². The van der Waals surface area contributed by atoms with E-state index in [4.69, 9.17) is 0 Å². The number of hydrogen-bond donors (Lipinski definition) is 0. The van der Waals surface area contributed by atoms with Crippen molar-refractivity contribution in [2.75, 3.05) is 6.54 Å². The van der Waals surface area contributed by atoms with E-state index < -0.39 is 0 Å². The van der Waals surface area contributed by atoms with Crippen LogP contribution in [0, 0.1) is 0 Å². The highest BCUT2D eigenvalue weighted by atomic mass is 79.9. The van der Waals surface area contributed by atoms with Crippen molar-refractivity contribution in [3.63, 3.8) is 0 Å². The first-order chi connectivity index (χ1) is 6.57. The Morgan fingerprint density at radius 3 is 2.64 bits per heavy atom. The molecule has 1 aliphatic rings. The predicted octanol–water partition coefficient (Wildman–Crippen LogP) is 3.87. The number of unbranched alkanes of at least 4 members (excludes halogenated alkanes) is 1. The average molecular weight is 388 g/mol. The molecule has 0 bridgehead atoms. The van der Waals surface area contributed by atoms with Crippen LogP contribution in [0.3, 0.4) is 0 Å². The Morgan fingerprint density at radius 1 is 1.50 bits per heavy atom. The molecule has 0 aromatic carbocycles. The molecule has 1 heterocycles. The SMILES string of the molecule is CCCCN1C(=O)C=C(Br)C1=C(Br)Br. The summed E-state index contributed by atoms with van der Waals surface area (Å²) < 4.78 is 1.62. The first-order valence-electron chi connectivity index (χ1n) is 4.32. The largest absolute Gasteiger partial charge is 0.306 e. The van der Waals surface area contributed by atoms with Crippen LogP contribution in [0.2, 0.25) is 0 Å². The third-order valence-electron chi connectivity index (χ3n) is 1.93. The summed E-state index contributed by atoms with van der Waals surface area (Å²) >= 11 is 10.0. The van der Waals surface area contributed by atoms with E-state index in [1.807, 2.05) is 0 Å². The molecule has 1 rings (SSSR count). The van der Waals surface area contributed by atoms with Crippen LogP contribution in [0.25, 0.3) is 0 Å². The van der Waals surface area contributed by atoms with Gasteiger partial charge in [-0.05, 0) is 54.2 Å².